The molecular weight excluding hydrogens is 436 g/mol. The SMILES string of the molecule is CC1CC(C)CN(S(=O)(=O)c2ccc(NC(=O)COC(=O)/C=C/c3cccs3)cc2)C1. The summed E-state index contributed by atoms with van der Waals surface area (Å²) in [7, 11) is -3.58. The molecule has 2 aromatic rings. The molecule has 1 amide bonds. The van der Waals surface area contributed by atoms with Crippen LogP contribution in [0.2, 0.25) is 0 Å². The number of carbonyl (C=O) groups is 2. The average Bonchev–Trinajstić information content (AvgIpc) is 3.24. The summed E-state index contributed by atoms with van der Waals surface area (Å²) in [5.41, 5.74) is 0.425. The molecule has 0 saturated carbocycles. The lowest BCUT2D eigenvalue weighted by atomic mass is 9.94. The average molecular weight is 463 g/mol. The molecule has 1 fully saturated rings. The molecule has 31 heavy (non-hydrogen) atoms. The number of anilines is 1. The van der Waals surface area contributed by atoms with Gasteiger partial charge in [-0.25, -0.2) is 13.2 Å². The highest BCUT2D eigenvalue weighted by molar-refractivity contribution is 7.89. The molecule has 2 atom stereocenters. The van der Waals surface area contributed by atoms with E-state index in [0.717, 1.165) is 11.3 Å². The number of nitrogens with zero attached hydrogens (tertiary/aromatic N) is 1. The Hall–Kier alpha value is -2.49. The van der Waals surface area contributed by atoms with Crippen LogP contribution in [0.4, 0.5) is 5.69 Å². The normalized spacial score (nSPS) is 19.9. The summed E-state index contributed by atoms with van der Waals surface area (Å²) < 4.78 is 32.3. The van der Waals surface area contributed by atoms with Crippen LogP contribution in [-0.4, -0.2) is 44.3 Å². The van der Waals surface area contributed by atoms with Gasteiger partial charge in [0.2, 0.25) is 10.0 Å². The van der Waals surface area contributed by atoms with E-state index in [1.165, 1.54) is 46.0 Å². The van der Waals surface area contributed by atoms with E-state index < -0.39 is 28.5 Å². The minimum Gasteiger partial charge on any atom is -0.452 e. The fraction of sp³-hybridized carbons (Fsp3) is 0.364. The molecule has 7 nitrogen and oxygen atoms in total. The number of nitrogens with one attached hydrogen (secondary N) is 1. The van der Waals surface area contributed by atoms with E-state index in [2.05, 4.69) is 19.2 Å². The number of piperidine rings is 1. The molecule has 1 N–H and O–H groups in total. The molecule has 0 radical (unpaired) electrons. The number of esters is 1. The first kappa shape index (κ1) is 23.2. The Labute approximate surface area is 186 Å². The Morgan fingerprint density at radius 3 is 2.45 bits per heavy atom. The minimum absolute atomic E-state index is 0.192. The first-order valence-corrected chi connectivity index (χ1v) is 12.3. The van der Waals surface area contributed by atoms with Crippen molar-refractivity contribution in [1.29, 1.82) is 0 Å². The van der Waals surface area contributed by atoms with Crippen molar-refractivity contribution in [1.82, 2.24) is 4.31 Å². The van der Waals surface area contributed by atoms with Crippen molar-refractivity contribution >= 4 is 45.0 Å². The number of rotatable bonds is 7. The Morgan fingerprint density at radius 2 is 1.84 bits per heavy atom. The van der Waals surface area contributed by atoms with E-state index in [0.29, 0.717) is 30.6 Å². The molecule has 1 aromatic heterocycles. The third-order valence-electron chi connectivity index (χ3n) is 4.88. The summed E-state index contributed by atoms with van der Waals surface area (Å²) in [4.78, 5) is 24.8. The van der Waals surface area contributed by atoms with Crippen molar-refractivity contribution < 1.29 is 22.7 Å². The Kier molecular flexibility index (Phi) is 7.64. The van der Waals surface area contributed by atoms with Gasteiger partial charge in [0.15, 0.2) is 6.61 Å². The standard InChI is InChI=1S/C22H26N2O5S2/c1-16-12-17(2)14-24(13-16)31(27,28)20-8-5-18(6-9-20)23-21(25)15-29-22(26)10-7-19-4-3-11-30-19/h3-11,16-17H,12-15H2,1-2H3,(H,23,25)/b10-7+. The molecule has 1 aliphatic heterocycles. The monoisotopic (exact) mass is 462 g/mol. The fourth-order valence-electron chi connectivity index (χ4n) is 3.58. The maximum Gasteiger partial charge on any atom is 0.331 e. The lowest BCUT2D eigenvalue weighted by molar-refractivity contribution is -0.142. The topological polar surface area (TPSA) is 92.8 Å². The highest BCUT2D eigenvalue weighted by Crippen LogP contribution is 2.27. The summed E-state index contributed by atoms with van der Waals surface area (Å²) in [5, 5.41) is 4.48. The van der Waals surface area contributed by atoms with E-state index in [1.807, 2.05) is 17.5 Å². The largest absolute Gasteiger partial charge is 0.452 e. The van der Waals surface area contributed by atoms with Gasteiger partial charge in [0, 0.05) is 29.7 Å². The second-order valence-corrected chi connectivity index (χ2v) is 10.7. The van der Waals surface area contributed by atoms with Crippen molar-refractivity contribution in [3.8, 4) is 0 Å². The Bertz CT molecular complexity index is 1020. The zero-order valence-corrected chi connectivity index (χ0v) is 19.1. The molecule has 0 aliphatic carbocycles. The van der Waals surface area contributed by atoms with Crippen LogP contribution in [0, 0.1) is 11.8 Å². The van der Waals surface area contributed by atoms with E-state index >= 15 is 0 Å². The molecule has 2 unspecified atom stereocenters. The molecule has 2 heterocycles. The number of thiophene rings is 1. The quantitative estimate of drug-likeness (QED) is 0.501. The third kappa shape index (κ3) is 6.49. The van der Waals surface area contributed by atoms with Crippen molar-refractivity contribution in [3.05, 3.63) is 52.7 Å². The highest BCUT2D eigenvalue weighted by atomic mass is 32.2. The van der Waals surface area contributed by atoms with Crippen LogP contribution in [0.5, 0.6) is 0 Å². The number of ether oxygens (including phenoxy) is 1. The van der Waals surface area contributed by atoms with Crippen LogP contribution in [0.15, 0.2) is 52.7 Å². The van der Waals surface area contributed by atoms with E-state index in [4.69, 9.17) is 4.74 Å². The Morgan fingerprint density at radius 1 is 1.16 bits per heavy atom. The number of benzene rings is 1. The number of carbonyl (C=O) groups excluding carboxylic acids is 2. The fourth-order valence-corrected chi connectivity index (χ4v) is 5.88. The predicted octanol–water partition coefficient (Wildman–Crippen LogP) is 3.61. The molecule has 166 valence electrons. The van der Waals surface area contributed by atoms with Gasteiger partial charge in [-0.1, -0.05) is 19.9 Å². The van der Waals surface area contributed by atoms with Gasteiger partial charge in [-0.15, -0.1) is 11.3 Å². The first-order chi connectivity index (χ1) is 14.7. The van der Waals surface area contributed by atoms with Crippen LogP contribution in [-0.2, 0) is 24.3 Å². The molecule has 3 rings (SSSR count). The van der Waals surface area contributed by atoms with E-state index in [-0.39, 0.29) is 4.90 Å². The highest BCUT2D eigenvalue weighted by Gasteiger charge is 2.31. The van der Waals surface area contributed by atoms with Crippen LogP contribution in [0.25, 0.3) is 6.08 Å². The lowest BCUT2D eigenvalue weighted by Crippen LogP contribution is -2.42. The maximum atomic E-state index is 12.9. The smallest absolute Gasteiger partial charge is 0.331 e. The van der Waals surface area contributed by atoms with Crippen LogP contribution >= 0.6 is 11.3 Å². The Balaban J connectivity index is 1.52. The molecular formula is C22H26N2O5S2. The minimum atomic E-state index is -3.58. The molecule has 0 spiro atoms. The summed E-state index contributed by atoms with van der Waals surface area (Å²) in [5.74, 6) is -0.484. The summed E-state index contributed by atoms with van der Waals surface area (Å²) in [6, 6.07) is 9.74. The van der Waals surface area contributed by atoms with Gasteiger partial charge in [-0.2, -0.15) is 4.31 Å². The zero-order valence-electron chi connectivity index (χ0n) is 17.5. The van der Waals surface area contributed by atoms with Gasteiger partial charge in [0.05, 0.1) is 4.90 Å². The number of amides is 1. The lowest BCUT2D eigenvalue weighted by Gasteiger charge is -2.34. The molecule has 1 saturated heterocycles. The van der Waals surface area contributed by atoms with Crippen molar-refractivity contribution in [2.45, 2.75) is 25.2 Å². The third-order valence-corrected chi connectivity index (χ3v) is 7.57. The maximum absolute atomic E-state index is 12.9. The van der Waals surface area contributed by atoms with Crippen LogP contribution in [0.3, 0.4) is 0 Å². The molecule has 9 heteroatoms. The second kappa shape index (κ2) is 10.2. The van der Waals surface area contributed by atoms with Gasteiger partial charge >= 0.3 is 5.97 Å². The zero-order chi connectivity index (χ0) is 22.4. The van der Waals surface area contributed by atoms with Gasteiger partial charge in [0.25, 0.3) is 5.91 Å². The van der Waals surface area contributed by atoms with Gasteiger partial charge in [-0.3, -0.25) is 4.79 Å². The van der Waals surface area contributed by atoms with Gasteiger partial charge in [-0.05, 0) is 60.0 Å². The van der Waals surface area contributed by atoms with E-state index in [9.17, 15) is 18.0 Å². The first-order valence-electron chi connectivity index (χ1n) is 10.0. The predicted molar refractivity (Wildman–Crippen MR) is 121 cm³/mol. The summed E-state index contributed by atoms with van der Waals surface area (Å²) >= 11 is 1.48. The second-order valence-electron chi connectivity index (χ2n) is 7.80. The number of hydrogen-bond donors (Lipinski definition) is 1. The summed E-state index contributed by atoms with van der Waals surface area (Å²) in [6.07, 6.45) is 3.90. The van der Waals surface area contributed by atoms with E-state index in [1.54, 1.807) is 6.08 Å². The van der Waals surface area contributed by atoms with Crippen LogP contribution in [0.1, 0.15) is 25.1 Å². The summed E-state index contributed by atoms with van der Waals surface area (Å²) in [6.45, 7) is 4.70. The van der Waals surface area contributed by atoms with Crippen LogP contribution < -0.4 is 5.32 Å². The number of hydrogen-bond acceptors (Lipinski definition) is 6. The number of sulfonamides is 1. The molecule has 0 bridgehead atoms. The van der Waals surface area contributed by atoms with Gasteiger partial charge in [0.1, 0.15) is 0 Å². The van der Waals surface area contributed by atoms with Gasteiger partial charge < -0.3 is 10.1 Å². The molecule has 1 aliphatic rings. The van der Waals surface area contributed by atoms with Crippen molar-refractivity contribution in [2.75, 3.05) is 25.0 Å². The van der Waals surface area contributed by atoms with Crippen molar-refractivity contribution in [3.63, 3.8) is 0 Å². The van der Waals surface area contributed by atoms with Crippen molar-refractivity contribution in [2.24, 2.45) is 11.8 Å². The molecule has 1 aromatic carbocycles.